The number of phenols is 1. The van der Waals surface area contributed by atoms with Gasteiger partial charge in [-0.1, -0.05) is 45.3 Å². The minimum absolute atomic E-state index is 0.406. The van der Waals surface area contributed by atoms with Crippen LogP contribution in [0.5, 0.6) is 5.75 Å². The molecule has 2 heteroatoms. The van der Waals surface area contributed by atoms with Crippen molar-refractivity contribution in [3.63, 3.8) is 0 Å². The molecule has 4 bridgehead atoms. The van der Waals surface area contributed by atoms with Crippen LogP contribution in [0.15, 0.2) is 23.8 Å². The maximum absolute atomic E-state index is 10.1. The van der Waals surface area contributed by atoms with E-state index in [9.17, 15) is 5.11 Å². The summed E-state index contributed by atoms with van der Waals surface area (Å²) in [6.07, 6.45) is 6.28. The average Bonchev–Trinajstić information content (AvgIpc) is 2.73. The van der Waals surface area contributed by atoms with Crippen LogP contribution in [0, 0.1) is 30.6 Å². The fourth-order valence-electron chi connectivity index (χ4n) is 6.52. The third-order valence-electron chi connectivity index (χ3n) is 7.74. The summed E-state index contributed by atoms with van der Waals surface area (Å²) in [4.78, 5) is 2.84. The zero-order valence-corrected chi connectivity index (χ0v) is 17.0. The van der Waals surface area contributed by atoms with Crippen molar-refractivity contribution < 1.29 is 5.11 Å². The van der Waals surface area contributed by atoms with Crippen molar-refractivity contribution in [2.45, 2.75) is 65.8 Å². The number of aromatic hydroxyl groups is 1. The van der Waals surface area contributed by atoms with Gasteiger partial charge in [-0.2, -0.15) is 0 Å². The number of benzene rings is 1. The number of phenolic OH excluding ortho intramolecular Hbond substituents is 1. The summed E-state index contributed by atoms with van der Waals surface area (Å²) in [5.74, 6) is 3.73. The molecule has 4 aliphatic rings. The first kappa shape index (κ1) is 18.1. The highest BCUT2D eigenvalue weighted by molar-refractivity contribution is 5.73. The first-order valence-electron chi connectivity index (χ1n) is 10.8. The molecule has 6 unspecified atom stereocenters. The van der Waals surface area contributed by atoms with Crippen LogP contribution in [0.3, 0.4) is 0 Å². The van der Waals surface area contributed by atoms with E-state index in [4.69, 9.17) is 0 Å². The summed E-state index contributed by atoms with van der Waals surface area (Å²) in [5, 5.41) is 10.1. The lowest BCUT2D eigenvalue weighted by Crippen LogP contribution is -2.60. The molecule has 1 saturated carbocycles. The van der Waals surface area contributed by atoms with Crippen molar-refractivity contribution in [2.24, 2.45) is 23.7 Å². The lowest BCUT2D eigenvalue weighted by Gasteiger charge is -2.57. The summed E-state index contributed by atoms with van der Waals surface area (Å²) >= 11 is 0. The van der Waals surface area contributed by atoms with Gasteiger partial charge in [0.1, 0.15) is 5.75 Å². The number of fused-ring (bicyclic) bond motifs is 1. The van der Waals surface area contributed by atoms with Crippen molar-refractivity contribution in [3.05, 3.63) is 34.9 Å². The molecule has 0 aromatic heterocycles. The van der Waals surface area contributed by atoms with Gasteiger partial charge < -0.3 is 5.11 Å². The first-order chi connectivity index (χ1) is 12.5. The molecule has 142 valence electrons. The van der Waals surface area contributed by atoms with Crippen molar-refractivity contribution >= 4 is 5.57 Å². The average molecular weight is 354 g/mol. The Hall–Kier alpha value is -1.28. The summed E-state index contributed by atoms with van der Waals surface area (Å²) in [6.45, 7) is 11.9. The molecular weight excluding hydrogens is 318 g/mol. The van der Waals surface area contributed by atoms with Gasteiger partial charge in [0.25, 0.3) is 0 Å². The van der Waals surface area contributed by atoms with E-state index in [-0.39, 0.29) is 0 Å². The van der Waals surface area contributed by atoms with Crippen LogP contribution in [0.2, 0.25) is 0 Å². The van der Waals surface area contributed by atoms with Gasteiger partial charge in [0, 0.05) is 19.1 Å². The van der Waals surface area contributed by atoms with Gasteiger partial charge in [0.15, 0.2) is 0 Å². The molecule has 2 nitrogen and oxygen atoms in total. The van der Waals surface area contributed by atoms with Gasteiger partial charge in [-0.15, -0.1) is 0 Å². The topological polar surface area (TPSA) is 23.5 Å². The second-order valence-corrected chi connectivity index (χ2v) is 9.02. The molecule has 6 atom stereocenters. The number of hydrogen-bond acceptors (Lipinski definition) is 2. The normalized spacial score (nSPS) is 36.3. The molecule has 3 aliphatic heterocycles. The van der Waals surface area contributed by atoms with E-state index in [0.29, 0.717) is 5.75 Å². The molecule has 3 heterocycles. The van der Waals surface area contributed by atoms with Crippen molar-refractivity contribution in [2.75, 3.05) is 13.1 Å². The lowest BCUT2D eigenvalue weighted by atomic mass is 9.58. The standard InChI is InChI=1S/C24H35NO/c1-5-7-20-21(22-13-18(26)9-8-15(22)3)10-11-25-14-17-12-23(20)24(25)19(6-2)16(17)4/h8-9,13,16-17,19,23-24,26H,5-7,10-12,14H2,1-4H3. The number of piperidine rings is 2. The highest BCUT2D eigenvalue weighted by Gasteiger charge is 2.51. The Morgan fingerprint density at radius 2 is 2.04 bits per heavy atom. The molecule has 1 aliphatic carbocycles. The number of nitrogens with zero attached hydrogens (tertiary/aromatic N) is 1. The van der Waals surface area contributed by atoms with Crippen molar-refractivity contribution in [3.8, 4) is 5.75 Å². The quantitative estimate of drug-likeness (QED) is 0.757. The van der Waals surface area contributed by atoms with Crippen molar-refractivity contribution in [1.82, 2.24) is 4.90 Å². The SMILES string of the molecule is CCCC1=C(c2cc(O)ccc2C)CCN2CC3CC1C2C(CC)C3C. The van der Waals surface area contributed by atoms with Crippen LogP contribution < -0.4 is 0 Å². The summed E-state index contributed by atoms with van der Waals surface area (Å²) in [6, 6.07) is 6.68. The van der Waals surface area contributed by atoms with Gasteiger partial charge >= 0.3 is 0 Å². The predicted octanol–water partition coefficient (Wildman–Crippen LogP) is 5.64. The third kappa shape index (κ3) is 2.81. The van der Waals surface area contributed by atoms with E-state index in [1.54, 1.807) is 11.1 Å². The molecule has 5 rings (SSSR count). The van der Waals surface area contributed by atoms with Gasteiger partial charge in [-0.3, -0.25) is 4.90 Å². The van der Waals surface area contributed by atoms with E-state index >= 15 is 0 Å². The summed E-state index contributed by atoms with van der Waals surface area (Å²) in [5.41, 5.74) is 5.90. The molecule has 2 saturated heterocycles. The molecule has 1 aromatic carbocycles. The number of aryl methyl sites for hydroxylation is 1. The minimum Gasteiger partial charge on any atom is -0.508 e. The van der Waals surface area contributed by atoms with Crippen LogP contribution in [0.25, 0.3) is 5.57 Å². The fraction of sp³-hybridized carbons (Fsp3) is 0.667. The third-order valence-corrected chi connectivity index (χ3v) is 7.74. The second kappa shape index (κ2) is 7.03. The van der Waals surface area contributed by atoms with E-state index in [1.807, 2.05) is 12.1 Å². The van der Waals surface area contributed by atoms with Crippen LogP contribution in [-0.4, -0.2) is 29.1 Å². The smallest absolute Gasteiger partial charge is 0.116 e. The van der Waals surface area contributed by atoms with E-state index in [0.717, 1.165) is 36.1 Å². The van der Waals surface area contributed by atoms with E-state index < -0.39 is 0 Å². The van der Waals surface area contributed by atoms with Crippen LogP contribution in [0.1, 0.15) is 64.0 Å². The fourth-order valence-corrected chi connectivity index (χ4v) is 6.52. The monoisotopic (exact) mass is 353 g/mol. The summed E-state index contributed by atoms with van der Waals surface area (Å²) < 4.78 is 0. The highest BCUT2D eigenvalue weighted by Crippen LogP contribution is 2.53. The predicted molar refractivity (Wildman–Crippen MR) is 109 cm³/mol. The zero-order valence-electron chi connectivity index (χ0n) is 17.0. The van der Waals surface area contributed by atoms with Crippen LogP contribution in [0.4, 0.5) is 0 Å². The Labute approximate surface area is 159 Å². The Balaban J connectivity index is 1.83. The van der Waals surface area contributed by atoms with Gasteiger partial charge in [-0.25, -0.2) is 0 Å². The first-order valence-corrected chi connectivity index (χ1v) is 10.8. The largest absolute Gasteiger partial charge is 0.508 e. The van der Waals surface area contributed by atoms with Crippen molar-refractivity contribution in [1.29, 1.82) is 0 Å². The molecule has 26 heavy (non-hydrogen) atoms. The molecule has 0 amide bonds. The zero-order chi connectivity index (χ0) is 18.4. The number of rotatable bonds is 4. The molecule has 0 spiro atoms. The molecular formula is C24H35NO. The maximum Gasteiger partial charge on any atom is 0.116 e. The highest BCUT2D eigenvalue weighted by atomic mass is 16.3. The number of hydrogen-bond donors (Lipinski definition) is 1. The van der Waals surface area contributed by atoms with Gasteiger partial charge in [0.2, 0.25) is 0 Å². The summed E-state index contributed by atoms with van der Waals surface area (Å²) in [7, 11) is 0. The minimum atomic E-state index is 0.406. The van der Waals surface area contributed by atoms with E-state index in [1.165, 1.54) is 49.9 Å². The Morgan fingerprint density at radius 1 is 1.23 bits per heavy atom. The van der Waals surface area contributed by atoms with Gasteiger partial charge in [0.05, 0.1) is 0 Å². The Morgan fingerprint density at radius 3 is 2.77 bits per heavy atom. The van der Waals surface area contributed by atoms with Crippen LogP contribution >= 0.6 is 0 Å². The molecule has 0 radical (unpaired) electrons. The Kier molecular flexibility index (Phi) is 4.90. The molecule has 1 N–H and O–H groups in total. The second-order valence-electron chi connectivity index (χ2n) is 9.02. The Bertz CT molecular complexity index is 706. The molecule has 1 aromatic rings. The molecule has 3 fully saturated rings. The van der Waals surface area contributed by atoms with E-state index in [2.05, 4.69) is 38.7 Å². The lowest BCUT2D eigenvalue weighted by molar-refractivity contribution is -0.0665. The van der Waals surface area contributed by atoms with Gasteiger partial charge in [-0.05, 0) is 78.7 Å². The van der Waals surface area contributed by atoms with Crippen LogP contribution in [-0.2, 0) is 0 Å². The maximum atomic E-state index is 10.1.